The highest BCUT2D eigenvalue weighted by Crippen LogP contribution is 2.35. The van der Waals surface area contributed by atoms with Crippen molar-refractivity contribution in [2.75, 3.05) is 0 Å². The summed E-state index contributed by atoms with van der Waals surface area (Å²) in [6, 6.07) is 12.2. The van der Waals surface area contributed by atoms with Crippen LogP contribution in [0.25, 0.3) is 0 Å². The van der Waals surface area contributed by atoms with E-state index in [1.807, 2.05) is 24.3 Å². The molecule has 1 aliphatic rings. The third-order valence-corrected chi connectivity index (χ3v) is 4.46. The van der Waals surface area contributed by atoms with Crippen molar-refractivity contribution in [3.63, 3.8) is 0 Å². The number of aliphatic imine (C=N–C) groups is 2. The van der Waals surface area contributed by atoms with E-state index >= 15 is 0 Å². The molecular formula is C21H18N4. The second-order valence-corrected chi connectivity index (χ2v) is 6.19. The first-order valence-electron chi connectivity index (χ1n) is 8.28. The monoisotopic (exact) mass is 326 g/mol. The number of nitrogens with zero attached hydrogens (tertiary/aromatic N) is 4. The van der Waals surface area contributed by atoms with E-state index in [-0.39, 0.29) is 0 Å². The van der Waals surface area contributed by atoms with Gasteiger partial charge in [-0.2, -0.15) is 0 Å². The predicted molar refractivity (Wildman–Crippen MR) is 101 cm³/mol. The molecule has 4 nitrogen and oxygen atoms in total. The minimum absolute atomic E-state index is 0.667. The minimum Gasteiger partial charge on any atom is -0.265 e. The molecule has 4 rings (SSSR count). The second-order valence-electron chi connectivity index (χ2n) is 6.19. The summed E-state index contributed by atoms with van der Waals surface area (Å²) >= 11 is 0. The van der Waals surface area contributed by atoms with Gasteiger partial charge in [0.15, 0.2) is 0 Å². The number of aromatic nitrogens is 2. The summed E-state index contributed by atoms with van der Waals surface area (Å²) in [7, 11) is 0. The van der Waals surface area contributed by atoms with Crippen LogP contribution in [0.5, 0.6) is 0 Å². The third-order valence-electron chi connectivity index (χ3n) is 4.46. The Labute approximate surface area is 147 Å². The van der Waals surface area contributed by atoms with Crippen LogP contribution in [0.15, 0.2) is 71.2 Å². The van der Waals surface area contributed by atoms with Crippen molar-refractivity contribution >= 4 is 22.8 Å². The van der Waals surface area contributed by atoms with Crippen molar-refractivity contribution in [2.45, 2.75) is 20.3 Å². The molecule has 0 bridgehead atoms. The summed E-state index contributed by atoms with van der Waals surface area (Å²) in [4.78, 5) is 18.1. The van der Waals surface area contributed by atoms with E-state index in [4.69, 9.17) is 9.98 Å². The number of aryl methyl sites for hydroxylation is 2. The quantitative estimate of drug-likeness (QED) is 0.683. The van der Waals surface area contributed by atoms with E-state index in [2.05, 4.69) is 35.9 Å². The molecule has 0 aliphatic carbocycles. The van der Waals surface area contributed by atoms with Gasteiger partial charge in [0, 0.05) is 31.2 Å². The van der Waals surface area contributed by atoms with Gasteiger partial charge in [0.25, 0.3) is 0 Å². The van der Waals surface area contributed by atoms with E-state index in [0.29, 0.717) is 6.42 Å². The number of benzene rings is 1. The topological polar surface area (TPSA) is 50.5 Å². The molecule has 0 saturated carbocycles. The lowest BCUT2D eigenvalue weighted by Gasteiger charge is -2.07. The van der Waals surface area contributed by atoms with Crippen molar-refractivity contribution in [1.29, 1.82) is 0 Å². The average Bonchev–Trinajstić information content (AvgIpc) is 2.83. The van der Waals surface area contributed by atoms with Gasteiger partial charge in [-0.3, -0.25) is 20.0 Å². The molecule has 3 aromatic rings. The lowest BCUT2D eigenvalue weighted by Crippen LogP contribution is -2.09. The predicted octanol–water partition coefficient (Wildman–Crippen LogP) is 4.74. The molecule has 25 heavy (non-hydrogen) atoms. The molecule has 1 aromatic carbocycles. The summed E-state index contributed by atoms with van der Waals surface area (Å²) in [6.45, 7) is 4.21. The summed E-state index contributed by atoms with van der Waals surface area (Å²) in [5.74, 6) is 0. The molecule has 0 atom stereocenters. The molecule has 0 saturated heterocycles. The molecular weight excluding hydrogens is 308 g/mol. The van der Waals surface area contributed by atoms with Gasteiger partial charge in [-0.1, -0.05) is 0 Å². The Hall–Kier alpha value is -3.14. The van der Waals surface area contributed by atoms with E-state index in [1.54, 1.807) is 24.8 Å². The Kier molecular flexibility index (Phi) is 3.94. The van der Waals surface area contributed by atoms with Gasteiger partial charge in [0.1, 0.15) is 0 Å². The third kappa shape index (κ3) is 3.11. The first-order valence-corrected chi connectivity index (χ1v) is 8.28. The molecule has 0 fully saturated rings. The van der Waals surface area contributed by atoms with E-state index in [0.717, 1.165) is 33.9 Å². The fourth-order valence-electron chi connectivity index (χ4n) is 2.92. The maximum Gasteiger partial charge on any atom is 0.0892 e. The molecule has 1 aliphatic heterocycles. The Balaban J connectivity index is 1.92. The van der Waals surface area contributed by atoms with Crippen LogP contribution in [0.1, 0.15) is 28.7 Å². The maximum atomic E-state index is 4.95. The SMILES string of the molecule is Cc1cc2c(cc1C)N=C(c1ccncc1)CC(c1ccncc1)=N2. The van der Waals surface area contributed by atoms with Crippen molar-refractivity contribution in [3.05, 3.63) is 83.4 Å². The number of rotatable bonds is 2. The van der Waals surface area contributed by atoms with Gasteiger partial charge < -0.3 is 0 Å². The van der Waals surface area contributed by atoms with Gasteiger partial charge in [0.05, 0.1) is 22.8 Å². The Bertz CT molecular complexity index is 893. The Morgan fingerprint density at radius 2 is 1.04 bits per heavy atom. The molecule has 0 unspecified atom stereocenters. The zero-order valence-electron chi connectivity index (χ0n) is 14.3. The summed E-state index contributed by atoms with van der Waals surface area (Å²) in [6.07, 6.45) is 7.86. The van der Waals surface area contributed by atoms with Gasteiger partial charge in [-0.15, -0.1) is 0 Å². The number of hydrogen-bond acceptors (Lipinski definition) is 4. The Morgan fingerprint density at radius 1 is 0.640 bits per heavy atom. The largest absolute Gasteiger partial charge is 0.265 e. The van der Waals surface area contributed by atoms with Gasteiger partial charge in [-0.05, 0) is 72.5 Å². The average molecular weight is 326 g/mol. The Morgan fingerprint density at radius 3 is 1.44 bits per heavy atom. The van der Waals surface area contributed by atoms with Crippen LogP contribution in [0.4, 0.5) is 11.4 Å². The van der Waals surface area contributed by atoms with Crippen molar-refractivity contribution < 1.29 is 0 Å². The van der Waals surface area contributed by atoms with E-state index in [9.17, 15) is 0 Å². The number of hydrogen-bond donors (Lipinski definition) is 0. The molecule has 4 heteroatoms. The van der Waals surface area contributed by atoms with E-state index in [1.165, 1.54) is 11.1 Å². The van der Waals surface area contributed by atoms with Crippen molar-refractivity contribution in [3.8, 4) is 0 Å². The van der Waals surface area contributed by atoms with Crippen molar-refractivity contribution in [2.24, 2.45) is 9.98 Å². The molecule has 0 spiro atoms. The van der Waals surface area contributed by atoms with Gasteiger partial charge >= 0.3 is 0 Å². The van der Waals surface area contributed by atoms with Crippen molar-refractivity contribution in [1.82, 2.24) is 9.97 Å². The van der Waals surface area contributed by atoms with Gasteiger partial charge in [0.2, 0.25) is 0 Å². The lowest BCUT2D eigenvalue weighted by atomic mass is 10.0. The first-order chi connectivity index (χ1) is 12.2. The summed E-state index contributed by atoms with van der Waals surface area (Å²) in [5.41, 5.74) is 8.42. The maximum absolute atomic E-state index is 4.95. The van der Waals surface area contributed by atoms with Crippen LogP contribution < -0.4 is 0 Å². The fourth-order valence-corrected chi connectivity index (χ4v) is 2.92. The molecule has 0 radical (unpaired) electrons. The van der Waals surface area contributed by atoms with Crippen LogP contribution in [0, 0.1) is 13.8 Å². The highest BCUT2D eigenvalue weighted by molar-refractivity contribution is 6.20. The zero-order chi connectivity index (χ0) is 17.2. The van der Waals surface area contributed by atoms with E-state index < -0.39 is 0 Å². The minimum atomic E-state index is 0.667. The molecule has 122 valence electrons. The molecule has 3 heterocycles. The lowest BCUT2D eigenvalue weighted by molar-refractivity contribution is 1.30. The smallest absolute Gasteiger partial charge is 0.0892 e. The fraction of sp³-hybridized carbons (Fsp3) is 0.143. The summed E-state index contributed by atoms with van der Waals surface area (Å²) in [5, 5.41) is 0. The van der Waals surface area contributed by atoms with Gasteiger partial charge in [-0.25, -0.2) is 0 Å². The zero-order valence-corrected chi connectivity index (χ0v) is 14.3. The van der Waals surface area contributed by atoms with Crippen LogP contribution in [0.3, 0.4) is 0 Å². The highest BCUT2D eigenvalue weighted by atomic mass is 14.9. The first kappa shape index (κ1) is 15.4. The summed E-state index contributed by atoms with van der Waals surface area (Å²) < 4.78 is 0. The van der Waals surface area contributed by atoms with Crippen LogP contribution in [-0.4, -0.2) is 21.4 Å². The molecule has 2 aromatic heterocycles. The molecule has 0 amide bonds. The number of fused-ring (bicyclic) bond motifs is 1. The van der Waals surface area contributed by atoms with Crippen LogP contribution in [-0.2, 0) is 0 Å². The van der Waals surface area contributed by atoms with Crippen LogP contribution in [0.2, 0.25) is 0 Å². The van der Waals surface area contributed by atoms with Crippen LogP contribution >= 0.6 is 0 Å². The molecule has 0 N–H and O–H groups in total. The highest BCUT2D eigenvalue weighted by Gasteiger charge is 2.17. The second kappa shape index (κ2) is 6.40. The normalized spacial score (nSPS) is 13.5. The number of pyridine rings is 2. The standard InChI is InChI=1S/C21H18N4/c1-14-11-20-21(12-15(14)2)25-19(17-5-9-23-10-6-17)13-18(24-20)16-3-7-22-8-4-16/h3-12H,13H2,1-2H3.